The molecule has 0 bridgehead atoms. The fraction of sp³-hybridized carbons (Fsp3) is 0.429. The van der Waals surface area contributed by atoms with Crippen LogP contribution in [0.5, 0.6) is 5.75 Å². The molecule has 0 spiro atoms. The van der Waals surface area contributed by atoms with Crippen molar-refractivity contribution in [3.63, 3.8) is 0 Å². The first kappa shape index (κ1) is 16.5. The highest BCUT2D eigenvalue weighted by molar-refractivity contribution is 5.29. The summed E-state index contributed by atoms with van der Waals surface area (Å²) in [6.45, 7) is 9.56. The first-order valence-corrected chi connectivity index (χ1v) is 5.99. The van der Waals surface area contributed by atoms with Crippen molar-refractivity contribution in [2.75, 3.05) is 13.2 Å². The Hall–Kier alpha value is -1.56. The van der Waals surface area contributed by atoms with E-state index in [9.17, 15) is 17.6 Å². The van der Waals surface area contributed by atoms with Gasteiger partial charge in [0, 0.05) is 18.2 Å². The van der Waals surface area contributed by atoms with Gasteiger partial charge >= 0.3 is 0 Å². The molecule has 0 aliphatic heterocycles. The molecular weight excluding hydrogens is 274 g/mol. The highest BCUT2D eigenvalue weighted by Crippen LogP contribution is 2.26. The summed E-state index contributed by atoms with van der Waals surface area (Å²) < 4.78 is 57.3. The fourth-order valence-electron chi connectivity index (χ4n) is 1.29. The summed E-state index contributed by atoms with van der Waals surface area (Å²) in [5, 5.41) is 3.09. The lowest BCUT2D eigenvalue weighted by Crippen LogP contribution is -2.37. The molecule has 0 atom stereocenters. The molecule has 0 radical (unpaired) electrons. The number of rotatable bonds is 5. The van der Waals surface area contributed by atoms with E-state index in [1.54, 1.807) is 0 Å². The van der Waals surface area contributed by atoms with Crippen LogP contribution in [0.1, 0.15) is 20.8 Å². The molecule has 20 heavy (non-hydrogen) atoms. The average Bonchev–Trinajstić information content (AvgIpc) is 2.33. The number of hydrogen-bond acceptors (Lipinski definition) is 2. The van der Waals surface area contributed by atoms with Crippen LogP contribution in [0.4, 0.5) is 17.6 Å². The van der Waals surface area contributed by atoms with E-state index in [1.165, 1.54) is 0 Å². The van der Waals surface area contributed by atoms with E-state index in [0.717, 1.165) is 0 Å². The Morgan fingerprint density at radius 1 is 1.15 bits per heavy atom. The van der Waals surface area contributed by atoms with Gasteiger partial charge in [0.2, 0.25) is 11.6 Å². The second-order valence-electron chi connectivity index (χ2n) is 5.44. The Labute approximate surface area is 115 Å². The Bertz CT molecular complexity index is 483. The van der Waals surface area contributed by atoms with Crippen molar-refractivity contribution in [1.29, 1.82) is 0 Å². The third-order valence-electron chi connectivity index (χ3n) is 2.36. The van der Waals surface area contributed by atoms with Gasteiger partial charge in [-0.25, -0.2) is 8.78 Å². The van der Waals surface area contributed by atoms with Crippen LogP contribution in [0.2, 0.25) is 0 Å². The molecule has 0 amide bonds. The molecule has 0 aliphatic rings. The topological polar surface area (TPSA) is 21.3 Å². The molecule has 0 saturated heterocycles. The molecule has 0 aromatic heterocycles. The largest absolute Gasteiger partial charge is 0.483 e. The molecule has 1 aromatic rings. The molecule has 0 heterocycles. The predicted molar refractivity (Wildman–Crippen MR) is 68.7 cm³/mol. The first-order valence-electron chi connectivity index (χ1n) is 5.99. The highest BCUT2D eigenvalue weighted by atomic mass is 19.2. The van der Waals surface area contributed by atoms with Crippen molar-refractivity contribution in [3.8, 4) is 5.75 Å². The SMILES string of the molecule is C=C(CNC(C)(C)C)COc1c(F)c(F)cc(F)c1F. The van der Waals surface area contributed by atoms with E-state index < -0.39 is 29.0 Å². The Kier molecular flexibility index (Phi) is 5.16. The van der Waals surface area contributed by atoms with Crippen LogP contribution in [-0.2, 0) is 0 Å². The van der Waals surface area contributed by atoms with Crippen molar-refractivity contribution >= 4 is 0 Å². The average molecular weight is 291 g/mol. The summed E-state index contributed by atoms with van der Waals surface area (Å²) in [7, 11) is 0. The molecule has 0 unspecified atom stereocenters. The third kappa shape index (κ3) is 4.52. The molecular formula is C14H17F4NO. The molecule has 112 valence electrons. The van der Waals surface area contributed by atoms with Crippen molar-refractivity contribution in [2.24, 2.45) is 0 Å². The normalized spacial score (nSPS) is 11.6. The van der Waals surface area contributed by atoms with Gasteiger partial charge in [0.1, 0.15) is 6.61 Å². The lowest BCUT2D eigenvalue weighted by Gasteiger charge is -2.21. The van der Waals surface area contributed by atoms with Crippen LogP contribution in [-0.4, -0.2) is 18.7 Å². The Morgan fingerprint density at radius 3 is 2.10 bits per heavy atom. The van der Waals surface area contributed by atoms with Gasteiger partial charge in [0.15, 0.2) is 17.4 Å². The molecule has 1 N–H and O–H groups in total. The Morgan fingerprint density at radius 2 is 1.65 bits per heavy atom. The highest BCUT2D eigenvalue weighted by Gasteiger charge is 2.20. The van der Waals surface area contributed by atoms with E-state index in [4.69, 9.17) is 4.74 Å². The minimum absolute atomic E-state index is 0.132. The smallest absolute Gasteiger partial charge is 0.203 e. The maximum atomic E-state index is 13.3. The molecule has 1 rings (SSSR count). The summed E-state index contributed by atoms with van der Waals surface area (Å²) in [5.74, 6) is -7.19. The zero-order valence-corrected chi connectivity index (χ0v) is 11.6. The summed E-state index contributed by atoms with van der Waals surface area (Å²) in [6, 6.07) is 0.132. The van der Waals surface area contributed by atoms with Crippen molar-refractivity contribution in [1.82, 2.24) is 5.32 Å². The van der Waals surface area contributed by atoms with Gasteiger partial charge in [-0.05, 0) is 26.3 Å². The van der Waals surface area contributed by atoms with E-state index in [0.29, 0.717) is 12.1 Å². The lowest BCUT2D eigenvalue weighted by atomic mass is 10.1. The maximum Gasteiger partial charge on any atom is 0.203 e. The van der Waals surface area contributed by atoms with Crippen LogP contribution < -0.4 is 10.1 Å². The standard InChI is InChI=1S/C14H17F4NO/c1-8(6-19-14(2,3)4)7-20-13-11(17)9(15)5-10(16)12(13)18/h5,19H,1,6-7H2,2-4H3. The predicted octanol–water partition coefficient (Wildman–Crippen LogP) is 3.57. The van der Waals surface area contributed by atoms with Gasteiger partial charge in [0.05, 0.1) is 0 Å². The van der Waals surface area contributed by atoms with Gasteiger partial charge in [0.25, 0.3) is 0 Å². The van der Waals surface area contributed by atoms with Gasteiger partial charge in [-0.1, -0.05) is 6.58 Å². The van der Waals surface area contributed by atoms with Crippen LogP contribution in [0.25, 0.3) is 0 Å². The van der Waals surface area contributed by atoms with Crippen LogP contribution in [0.3, 0.4) is 0 Å². The van der Waals surface area contributed by atoms with Crippen LogP contribution in [0.15, 0.2) is 18.2 Å². The Balaban J connectivity index is 2.69. The van der Waals surface area contributed by atoms with E-state index >= 15 is 0 Å². The summed E-state index contributed by atoms with van der Waals surface area (Å²) in [6.07, 6.45) is 0. The number of hydrogen-bond donors (Lipinski definition) is 1. The number of benzene rings is 1. The van der Waals surface area contributed by atoms with Crippen molar-refractivity contribution in [3.05, 3.63) is 41.5 Å². The molecule has 2 nitrogen and oxygen atoms in total. The van der Waals surface area contributed by atoms with E-state index in [2.05, 4.69) is 11.9 Å². The first-order chi connectivity index (χ1) is 9.11. The van der Waals surface area contributed by atoms with Crippen molar-refractivity contribution in [2.45, 2.75) is 26.3 Å². The summed E-state index contributed by atoms with van der Waals surface area (Å²) >= 11 is 0. The number of halogens is 4. The number of nitrogens with one attached hydrogen (secondary N) is 1. The summed E-state index contributed by atoms with van der Waals surface area (Å²) in [5.41, 5.74) is 0.327. The quantitative estimate of drug-likeness (QED) is 0.509. The van der Waals surface area contributed by atoms with Gasteiger partial charge in [-0.15, -0.1) is 0 Å². The monoisotopic (exact) mass is 291 g/mol. The van der Waals surface area contributed by atoms with Crippen molar-refractivity contribution < 1.29 is 22.3 Å². The number of ether oxygens (including phenoxy) is 1. The zero-order valence-electron chi connectivity index (χ0n) is 11.6. The lowest BCUT2D eigenvalue weighted by molar-refractivity contribution is 0.290. The van der Waals surface area contributed by atoms with Gasteiger partial charge < -0.3 is 10.1 Å². The van der Waals surface area contributed by atoms with Gasteiger partial charge in [-0.2, -0.15) is 8.78 Å². The summed E-state index contributed by atoms with van der Waals surface area (Å²) in [4.78, 5) is 0. The fourth-order valence-corrected chi connectivity index (χ4v) is 1.29. The van der Waals surface area contributed by atoms with Crippen LogP contribution in [0, 0.1) is 23.3 Å². The maximum absolute atomic E-state index is 13.3. The second kappa shape index (κ2) is 6.26. The molecule has 0 saturated carbocycles. The van der Waals surface area contributed by atoms with Gasteiger partial charge in [-0.3, -0.25) is 0 Å². The van der Waals surface area contributed by atoms with E-state index in [-0.39, 0.29) is 18.2 Å². The third-order valence-corrected chi connectivity index (χ3v) is 2.36. The zero-order chi connectivity index (χ0) is 15.5. The minimum atomic E-state index is -1.56. The minimum Gasteiger partial charge on any atom is -0.483 e. The molecule has 1 aromatic carbocycles. The molecule has 0 aliphatic carbocycles. The second-order valence-corrected chi connectivity index (χ2v) is 5.44. The molecule has 6 heteroatoms. The van der Waals surface area contributed by atoms with E-state index in [1.807, 2.05) is 20.8 Å². The van der Waals surface area contributed by atoms with Crippen LogP contribution >= 0.6 is 0 Å². The molecule has 0 fully saturated rings.